The molecule has 0 saturated carbocycles. The third kappa shape index (κ3) is 3.82. The predicted octanol–water partition coefficient (Wildman–Crippen LogP) is 1.82. The van der Waals surface area contributed by atoms with E-state index >= 15 is 0 Å². The highest BCUT2D eigenvalue weighted by Gasteiger charge is 2.25. The smallest absolute Gasteiger partial charge is 0.257 e. The molecule has 0 spiro atoms. The van der Waals surface area contributed by atoms with Crippen LogP contribution in [0.2, 0.25) is 0 Å². The Morgan fingerprint density at radius 3 is 2.38 bits per heavy atom. The Morgan fingerprint density at radius 2 is 1.77 bits per heavy atom. The first kappa shape index (κ1) is 17.8. The molecule has 1 aromatic carbocycles. The summed E-state index contributed by atoms with van der Waals surface area (Å²) in [6.07, 6.45) is 3.15. The number of amides is 2. The van der Waals surface area contributed by atoms with Crippen molar-refractivity contribution in [2.24, 2.45) is 0 Å². The normalized spacial score (nSPS) is 14.2. The molecule has 1 fully saturated rings. The second-order valence-electron chi connectivity index (χ2n) is 6.04. The average Bonchev–Trinajstić information content (AvgIpc) is 3.22. The Balaban J connectivity index is 1.60. The zero-order valence-electron chi connectivity index (χ0n) is 14.9. The van der Waals surface area contributed by atoms with Gasteiger partial charge in [-0.15, -0.1) is 0 Å². The van der Waals surface area contributed by atoms with Crippen LogP contribution in [0.3, 0.4) is 0 Å². The molecule has 26 heavy (non-hydrogen) atoms. The van der Waals surface area contributed by atoms with Crippen molar-refractivity contribution in [1.29, 1.82) is 0 Å². The maximum atomic E-state index is 12.7. The van der Waals surface area contributed by atoms with Gasteiger partial charge < -0.3 is 23.7 Å². The number of carbonyl (C=O) groups excluding carboxylic acids is 2. The predicted molar refractivity (Wildman–Crippen MR) is 94.4 cm³/mol. The molecule has 1 aliphatic rings. The first-order valence-corrected chi connectivity index (χ1v) is 8.42. The minimum absolute atomic E-state index is 0.00645. The highest BCUT2D eigenvalue weighted by molar-refractivity contribution is 5.94. The number of piperazine rings is 1. The van der Waals surface area contributed by atoms with Crippen LogP contribution in [-0.4, -0.2) is 62.0 Å². The zero-order chi connectivity index (χ0) is 18.5. The van der Waals surface area contributed by atoms with Crippen LogP contribution in [0.1, 0.15) is 15.9 Å². The third-order valence-electron chi connectivity index (χ3n) is 4.52. The van der Waals surface area contributed by atoms with Crippen molar-refractivity contribution in [2.75, 3.05) is 40.4 Å². The van der Waals surface area contributed by atoms with E-state index in [9.17, 15) is 9.59 Å². The van der Waals surface area contributed by atoms with E-state index in [1.54, 1.807) is 42.2 Å². The number of nitrogens with zero attached hydrogens (tertiary/aromatic N) is 2. The fourth-order valence-corrected chi connectivity index (χ4v) is 3.02. The number of rotatable bonds is 5. The van der Waals surface area contributed by atoms with Gasteiger partial charge in [-0.05, 0) is 24.3 Å². The Labute approximate surface area is 152 Å². The molecule has 1 saturated heterocycles. The fraction of sp³-hybridized carbons (Fsp3) is 0.368. The molecular weight excluding hydrogens is 336 g/mol. The quantitative estimate of drug-likeness (QED) is 0.815. The van der Waals surface area contributed by atoms with Crippen molar-refractivity contribution < 1.29 is 23.5 Å². The van der Waals surface area contributed by atoms with Gasteiger partial charge in [0.05, 0.1) is 32.5 Å². The van der Waals surface area contributed by atoms with Gasteiger partial charge in [-0.1, -0.05) is 0 Å². The molecule has 0 N–H and O–H groups in total. The van der Waals surface area contributed by atoms with E-state index in [1.165, 1.54) is 12.5 Å². The van der Waals surface area contributed by atoms with Gasteiger partial charge in [0.2, 0.25) is 5.91 Å². The van der Waals surface area contributed by atoms with Gasteiger partial charge in [-0.2, -0.15) is 0 Å². The van der Waals surface area contributed by atoms with Gasteiger partial charge >= 0.3 is 0 Å². The summed E-state index contributed by atoms with van der Waals surface area (Å²) in [5, 5.41) is 0. The number of hydrogen-bond acceptors (Lipinski definition) is 5. The summed E-state index contributed by atoms with van der Waals surface area (Å²) in [4.78, 5) is 28.5. The lowest BCUT2D eigenvalue weighted by molar-refractivity contribution is -0.131. The van der Waals surface area contributed by atoms with E-state index in [1.807, 2.05) is 6.07 Å². The molecule has 1 aliphatic heterocycles. The van der Waals surface area contributed by atoms with Crippen LogP contribution >= 0.6 is 0 Å². The minimum atomic E-state index is -0.0692. The summed E-state index contributed by atoms with van der Waals surface area (Å²) < 4.78 is 15.5. The maximum Gasteiger partial charge on any atom is 0.257 e. The van der Waals surface area contributed by atoms with Gasteiger partial charge in [0.15, 0.2) is 0 Å². The van der Waals surface area contributed by atoms with Gasteiger partial charge in [-0.3, -0.25) is 9.59 Å². The molecule has 0 radical (unpaired) electrons. The van der Waals surface area contributed by atoms with E-state index < -0.39 is 0 Å². The van der Waals surface area contributed by atoms with Crippen LogP contribution < -0.4 is 9.47 Å². The van der Waals surface area contributed by atoms with Crippen LogP contribution in [-0.2, 0) is 11.2 Å². The lowest BCUT2D eigenvalue weighted by atomic mass is 10.1. The summed E-state index contributed by atoms with van der Waals surface area (Å²) in [7, 11) is 3.17. The number of methoxy groups -OCH3 is 2. The average molecular weight is 358 g/mol. The Kier molecular flexibility index (Phi) is 5.46. The van der Waals surface area contributed by atoms with E-state index in [2.05, 4.69) is 0 Å². The molecule has 0 unspecified atom stereocenters. The molecule has 2 aromatic rings. The highest BCUT2D eigenvalue weighted by atomic mass is 16.5. The maximum absolute atomic E-state index is 12.7. The van der Waals surface area contributed by atoms with Crippen LogP contribution in [0, 0.1) is 0 Å². The van der Waals surface area contributed by atoms with Crippen molar-refractivity contribution in [1.82, 2.24) is 9.80 Å². The summed E-state index contributed by atoms with van der Waals surface area (Å²) in [5.74, 6) is 1.28. The van der Waals surface area contributed by atoms with Crippen LogP contribution in [0.15, 0.2) is 41.2 Å². The molecule has 3 rings (SSSR count). The monoisotopic (exact) mass is 358 g/mol. The van der Waals surface area contributed by atoms with Crippen LogP contribution in [0.4, 0.5) is 0 Å². The van der Waals surface area contributed by atoms with Gasteiger partial charge in [0, 0.05) is 31.7 Å². The van der Waals surface area contributed by atoms with Crippen LogP contribution in [0.25, 0.3) is 0 Å². The van der Waals surface area contributed by atoms with Gasteiger partial charge in [0.25, 0.3) is 5.91 Å². The number of hydrogen-bond donors (Lipinski definition) is 0. The van der Waals surface area contributed by atoms with Crippen molar-refractivity contribution >= 4 is 11.8 Å². The molecule has 0 aliphatic carbocycles. The molecule has 2 heterocycles. The number of ether oxygens (including phenoxy) is 2. The molecule has 1 aromatic heterocycles. The van der Waals surface area contributed by atoms with Crippen LogP contribution in [0.5, 0.6) is 11.5 Å². The Hall–Kier alpha value is -2.96. The molecule has 0 atom stereocenters. The fourth-order valence-electron chi connectivity index (χ4n) is 3.02. The number of carbonyl (C=O) groups is 2. The SMILES string of the molecule is COc1ccc(OC)c(CC(=O)N2CCN(C(=O)c3ccoc3)CC2)c1. The highest BCUT2D eigenvalue weighted by Crippen LogP contribution is 2.25. The summed E-state index contributed by atoms with van der Waals surface area (Å²) in [6.45, 7) is 2.03. The van der Waals surface area contributed by atoms with Gasteiger partial charge in [0.1, 0.15) is 17.8 Å². The van der Waals surface area contributed by atoms with E-state index in [-0.39, 0.29) is 18.2 Å². The second kappa shape index (κ2) is 7.95. The molecule has 138 valence electrons. The summed E-state index contributed by atoms with van der Waals surface area (Å²) >= 11 is 0. The van der Waals surface area contributed by atoms with Crippen molar-refractivity contribution in [3.05, 3.63) is 47.9 Å². The molecule has 0 bridgehead atoms. The van der Waals surface area contributed by atoms with E-state index in [0.29, 0.717) is 43.2 Å². The van der Waals surface area contributed by atoms with E-state index in [0.717, 1.165) is 5.56 Å². The summed E-state index contributed by atoms with van der Waals surface area (Å²) in [5.41, 5.74) is 1.32. The minimum Gasteiger partial charge on any atom is -0.497 e. The zero-order valence-corrected chi connectivity index (χ0v) is 14.9. The second-order valence-corrected chi connectivity index (χ2v) is 6.04. The number of furan rings is 1. The molecular formula is C19H22N2O5. The topological polar surface area (TPSA) is 72.2 Å². The Bertz CT molecular complexity index is 764. The molecule has 2 amide bonds. The lowest BCUT2D eigenvalue weighted by Crippen LogP contribution is -2.50. The first-order chi connectivity index (χ1) is 12.6. The van der Waals surface area contributed by atoms with Crippen molar-refractivity contribution in [3.8, 4) is 11.5 Å². The third-order valence-corrected chi connectivity index (χ3v) is 4.52. The van der Waals surface area contributed by atoms with E-state index in [4.69, 9.17) is 13.9 Å². The van der Waals surface area contributed by atoms with Gasteiger partial charge in [-0.25, -0.2) is 0 Å². The molecule has 7 heteroatoms. The first-order valence-electron chi connectivity index (χ1n) is 8.42. The van der Waals surface area contributed by atoms with Crippen molar-refractivity contribution in [2.45, 2.75) is 6.42 Å². The largest absolute Gasteiger partial charge is 0.497 e. The standard InChI is InChI=1S/C19H22N2O5/c1-24-16-3-4-17(25-2)15(11-16)12-18(22)20-6-8-21(9-7-20)19(23)14-5-10-26-13-14/h3-5,10-11,13H,6-9,12H2,1-2H3. The molecule has 7 nitrogen and oxygen atoms in total. The number of benzene rings is 1. The summed E-state index contributed by atoms with van der Waals surface area (Å²) in [6, 6.07) is 7.06. The lowest BCUT2D eigenvalue weighted by Gasteiger charge is -2.34. The Morgan fingerprint density at radius 1 is 1.04 bits per heavy atom. The van der Waals surface area contributed by atoms with Crippen molar-refractivity contribution in [3.63, 3.8) is 0 Å².